The van der Waals surface area contributed by atoms with Gasteiger partial charge in [0.25, 0.3) is 0 Å². The summed E-state index contributed by atoms with van der Waals surface area (Å²) in [5.41, 5.74) is 1.85. The van der Waals surface area contributed by atoms with Crippen molar-refractivity contribution in [2.75, 3.05) is 0 Å². The van der Waals surface area contributed by atoms with Crippen LogP contribution < -0.4 is 0 Å². The van der Waals surface area contributed by atoms with Crippen LogP contribution in [-0.4, -0.2) is 11.1 Å². The van der Waals surface area contributed by atoms with Crippen LogP contribution in [0.1, 0.15) is 10.4 Å². The summed E-state index contributed by atoms with van der Waals surface area (Å²) in [6.45, 7) is 0. The molecule has 0 amide bonds. The van der Waals surface area contributed by atoms with E-state index in [1.807, 2.05) is 17.5 Å². The average Bonchev–Trinajstić information content (AvgIpc) is 2.98. The van der Waals surface area contributed by atoms with Gasteiger partial charge in [0.1, 0.15) is 5.58 Å². The summed E-state index contributed by atoms with van der Waals surface area (Å²) < 4.78 is 5.42. The highest BCUT2D eigenvalue weighted by molar-refractivity contribution is 7.13. The van der Waals surface area contributed by atoms with Crippen LogP contribution in [0.4, 0.5) is 0 Å². The highest BCUT2D eigenvalue weighted by Crippen LogP contribution is 2.33. The van der Waals surface area contributed by atoms with Crippen LogP contribution in [0.2, 0.25) is 0 Å². The quantitative estimate of drug-likeness (QED) is 0.744. The monoisotopic (exact) mass is 244 g/mol. The van der Waals surface area contributed by atoms with Crippen molar-refractivity contribution in [1.82, 2.24) is 0 Å². The number of furan rings is 1. The lowest BCUT2D eigenvalue weighted by atomic mass is 10.1. The number of carbonyl (C=O) groups is 1. The number of thiophene rings is 1. The smallest absolute Gasteiger partial charge is 0.335 e. The molecule has 3 nitrogen and oxygen atoms in total. The lowest BCUT2D eigenvalue weighted by Gasteiger charge is -2.02. The molecule has 0 aliphatic rings. The van der Waals surface area contributed by atoms with Gasteiger partial charge in [-0.1, -0.05) is 6.07 Å². The fourth-order valence-corrected chi connectivity index (χ4v) is 2.56. The molecule has 0 aliphatic carbocycles. The van der Waals surface area contributed by atoms with Crippen molar-refractivity contribution >= 4 is 28.3 Å². The van der Waals surface area contributed by atoms with Crippen molar-refractivity contribution in [3.63, 3.8) is 0 Å². The minimum absolute atomic E-state index is 0.280. The lowest BCUT2D eigenvalue weighted by Crippen LogP contribution is -1.96. The zero-order valence-electron chi connectivity index (χ0n) is 8.71. The Bertz CT molecular complexity index is 680. The molecule has 0 spiro atoms. The maximum atomic E-state index is 11.1. The Balaban J connectivity index is 2.35. The summed E-state index contributed by atoms with van der Waals surface area (Å²) in [5, 5.41) is 11.8. The summed E-state index contributed by atoms with van der Waals surface area (Å²) in [6, 6.07) is 8.94. The van der Waals surface area contributed by atoms with E-state index in [1.165, 1.54) is 0 Å². The molecule has 0 unspecified atom stereocenters. The van der Waals surface area contributed by atoms with Crippen LogP contribution in [0.15, 0.2) is 46.4 Å². The summed E-state index contributed by atoms with van der Waals surface area (Å²) in [4.78, 5) is 12.1. The molecule has 0 atom stereocenters. The molecule has 0 fully saturated rings. The van der Waals surface area contributed by atoms with Crippen LogP contribution >= 0.6 is 11.3 Å². The van der Waals surface area contributed by atoms with Crippen LogP contribution in [0.25, 0.3) is 21.4 Å². The first-order chi connectivity index (χ1) is 8.25. The minimum Gasteiger partial charge on any atom is -0.478 e. The minimum atomic E-state index is -0.925. The first-order valence-electron chi connectivity index (χ1n) is 5.04. The van der Waals surface area contributed by atoms with Crippen molar-refractivity contribution in [3.8, 4) is 10.4 Å². The third kappa shape index (κ3) is 1.62. The van der Waals surface area contributed by atoms with Gasteiger partial charge in [0.2, 0.25) is 0 Å². The van der Waals surface area contributed by atoms with Crippen molar-refractivity contribution in [3.05, 3.63) is 47.5 Å². The summed E-state index contributed by atoms with van der Waals surface area (Å²) in [7, 11) is 0. The van der Waals surface area contributed by atoms with E-state index in [1.54, 1.807) is 35.8 Å². The summed E-state index contributed by atoms with van der Waals surface area (Å²) in [6.07, 6.45) is 1.58. The Kier molecular flexibility index (Phi) is 2.23. The Labute approximate surface area is 101 Å². The van der Waals surface area contributed by atoms with E-state index in [0.29, 0.717) is 0 Å². The molecule has 0 saturated heterocycles. The Hall–Kier alpha value is -2.07. The van der Waals surface area contributed by atoms with Crippen molar-refractivity contribution in [1.29, 1.82) is 0 Å². The number of carboxylic acid groups (broad SMARTS) is 1. The summed E-state index contributed by atoms with van der Waals surface area (Å²) >= 11 is 1.56. The predicted molar refractivity (Wildman–Crippen MR) is 66.5 cm³/mol. The largest absolute Gasteiger partial charge is 0.478 e. The zero-order chi connectivity index (χ0) is 11.8. The lowest BCUT2D eigenvalue weighted by molar-refractivity contribution is 0.0697. The van der Waals surface area contributed by atoms with Crippen LogP contribution in [-0.2, 0) is 0 Å². The fraction of sp³-hybridized carbons (Fsp3) is 0. The number of carboxylic acids is 1. The molecule has 0 radical (unpaired) electrons. The molecular weight excluding hydrogens is 236 g/mol. The molecule has 84 valence electrons. The molecule has 1 N–H and O–H groups in total. The van der Waals surface area contributed by atoms with Gasteiger partial charge < -0.3 is 9.52 Å². The zero-order valence-corrected chi connectivity index (χ0v) is 9.53. The van der Waals surface area contributed by atoms with Gasteiger partial charge in [-0.3, -0.25) is 0 Å². The molecule has 1 aromatic carbocycles. The van der Waals surface area contributed by atoms with Crippen LogP contribution in [0.5, 0.6) is 0 Å². The third-order valence-corrected chi connectivity index (χ3v) is 3.49. The van der Waals surface area contributed by atoms with Gasteiger partial charge in [-0.15, -0.1) is 11.3 Å². The topological polar surface area (TPSA) is 50.4 Å². The highest BCUT2D eigenvalue weighted by Gasteiger charge is 2.13. The molecular formula is C13H8O3S. The van der Waals surface area contributed by atoms with Gasteiger partial charge in [-0.05, 0) is 29.6 Å². The van der Waals surface area contributed by atoms with E-state index in [9.17, 15) is 4.79 Å². The van der Waals surface area contributed by atoms with Gasteiger partial charge in [0, 0.05) is 15.8 Å². The van der Waals surface area contributed by atoms with E-state index in [2.05, 4.69) is 0 Å². The molecule has 3 aromatic rings. The number of aromatic carboxylic acids is 1. The number of benzene rings is 1. The van der Waals surface area contributed by atoms with Crippen molar-refractivity contribution in [2.45, 2.75) is 0 Å². The first-order valence-corrected chi connectivity index (χ1v) is 5.92. The fourth-order valence-electron chi connectivity index (χ4n) is 1.82. The normalized spacial score (nSPS) is 10.8. The second-order valence-corrected chi connectivity index (χ2v) is 4.59. The molecule has 17 heavy (non-hydrogen) atoms. The van der Waals surface area contributed by atoms with E-state index < -0.39 is 5.97 Å². The predicted octanol–water partition coefficient (Wildman–Crippen LogP) is 3.86. The van der Waals surface area contributed by atoms with E-state index in [4.69, 9.17) is 9.52 Å². The second-order valence-electron chi connectivity index (χ2n) is 3.65. The molecule has 4 heteroatoms. The average molecular weight is 244 g/mol. The van der Waals surface area contributed by atoms with Gasteiger partial charge >= 0.3 is 5.97 Å². The highest BCUT2D eigenvalue weighted by atomic mass is 32.1. The Morgan fingerprint density at radius 3 is 2.88 bits per heavy atom. The molecule has 2 heterocycles. The number of fused-ring (bicyclic) bond motifs is 1. The van der Waals surface area contributed by atoms with Crippen molar-refractivity contribution in [2.24, 2.45) is 0 Å². The Morgan fingerprint density at radius 2 is 2.18 bits per heavy atom. The summed E-state index contributed by atoms with van der Waals surface area (Å²) in [5.74, 6) is -0.925. The van der Waals surface area contributed by atoms with E-state index in [0.717, 1.165) is 21.4 Å². The molecule has 0 bridgehead atoms. The third-order valence-electron chi connectivity index (χ3n) is 2.58. The van der Waals surface area contributed by atoms with Crippen LogP contribution in [0.3, 0.4) is 0 Å². The van der Waals surface area contributed by atoms with Gasteiger partial charge in [-0.25, -0.2) is 4.79 Å². The number of hydrogen-bond donors (Lipinski definition) is 1. The molecule has 3 rings (SSSR count). The first kappa shape index (κ1) is 10.1. The number of rotatable bonds is 2. The van der Waals surface area contributed by atoms with Crippen molar-refractivity contribution < 1.29 is 14.3 Å². The van der Waals surface area contributed by atoms with Gasteiger partial charge in [0.05, 0.1) is 11.8 Å². The molecule has 0 saturated carbocycles. The number of hydrogen-bond acceptors (Lipinski definition) is 3. The molecule has 0 aliphatic heterocycles. The maximum absolute atomic E-state index is 11.1. The van der Waals surface area contributed by atoms with Gasteiger partial charge in [-0.2, -0.15) is 0 Å². The van der Waals surface area contributed by atoms with Gasteiger partial charge in [0.15, 0.2) is 0 Å². The Morgan fingerprint density at radius 1 is 1.29 bits per heavy atom. The molecule has 2 aromatic heterocycles. The van der Waals surface area contributed by atoms with E-state index in [-0.39, 0.29) is 5.56 Å². The maximum Gasteiger partial charge on any atom is 0.335 e. The standard InChI is InChI=1S/C13H8O3S/c14-13(15)9-6-8-3-4-16-12(8)10(7-9)11-2-1-5-17-11/h1-7H,(H,14,15). The van der Waals surface area contributed by atoms with E-state index >= 15 is 0 Å². The SMILES string of the molecule is O=C(O)c1cc(-c2cccs2)c2occc2c1. The van der Waals surface area contributed by atoms with Crippen LogP contribution in [0, 0.1) is 0 Å². The second kappa shape index (κ2) is 3.75.